The molecule has 0 aliphatic carbocycles. The molecule has 0 bridgehead atoms. The summed E-state index contributed by atoms with van der Waals surface area (Å²) in [5.41, 5.74) is 0.760. The van der Waals surface area contributed by atoms with E-state index in [2.05, 4.69) is 15.5 Å². The maximum atomic E-state index is 9.76. The van der Waals surface area contributed by atoms with Crippen LogP contribution in [0.4, 0.5) is 0 Å². The summed E-state index contributed by atoms with van der Waals surface area (Å²) in [5.74, 6) is 1.07. The molecule has 19 heavy (non-hydrogen) atoms. The van der Waals surface area contributed by atoms with E-state index in [4.69, 9.17) is 0 Å². The number of nitrogens with zero attached hydrogens (tertiary/aromatic N) is 3. The van der Waals surface area contributed by atoms with Crippen molar-refractivity contribution < 1.29 is 10.2 Å². The minimum atomic E-state index is -0.00572. The molecule has 1 aromatic heterocycles. The Hall–Kier alpha value is -2.08. The second-order valence-electron chi connectivity index (χ2n) is 4.53. The summed E-state index contributed by atoms with van der Waals surface area (Å²) >= 11 is 0. The number of hydrogen-bond donors (Lipinski definition) is 3. The van der Waals surface area contributed by atoms with Gasteiger partial charge in [0.2, 0.25) is 0 Å². The zero-order chi connectivity index (χ0) is 13.8. The topological polar surface area (TPSA) is 83.2 Å². The van der Waals surface area contributed by atoms with Crippen molar-refractivity contribution in [3.63, 3.8) is 0 Å². The highest BCUT2D eigenvalue weighted by atomic mass is 16.3. The molecule has 2 aromatic rings. The van der Waals surface area contributed by atoms with Crippen molar-refractivity contribution in [2.45, 2.75) is 19.4 Å². The third-order valence-corrected chi connectivity index (χ3v) is 3.08. The lowest BCUT2D eigenvalue weighted by Crippen LogP contribution is -2.22. The molecule has 1 atom stereocenters. The number of aromatic hydroxyl groups is 2. The fraction of sp³-hybridized carbons (Fsp3) is 0.385. The van der Waals surface area contributed by atoms with Gasteiger partial charge >= 0.3 is 0 Å². The third kappa shape index (κ3) is 3.23. The van der Waals surface area contributed by atoms with E-state index in [9.17, 15) is 10.2 Å². The van der Waals surface area contributed by atoms with Crippen LogP contribution < -0.4 is 5.32 Å². The Labute approximate surface area is 111 Å². The molecule has 0 radical (unpaired) electrons. The van der Waals surface area contributed by atoms with Gasteiger partial charge in [-0.3, -0.25) is 0 Å². The summed E-state index contributed by atoms with van der Waals surface area (Å²) in [6.07, 6.45) is 2.43. The van der Waals surface area contributed by atoms with Gasteiger partial charge in [-0.15, -0.1) is 10.2 Å². The molecular formula is C13H18N4O2. The van der Waals surface area contributed by atoms with E-state index in [1.165, 1.54) is 6.07 Å². The summed E-state index contributed by atoms with van der Waals surface area (Å²) in [7, 11) is 1.91. The van der Waals surface area contributed by atoms with Crippen molar-refractivity contribution in [3.05, 3.63) is 35.9 Å². The minimum absolute atomic E-state index is 0.00572. The number of hydrogen-bond acceptors (Lipinski definition) is 5. The summed E-state index contributed by atoms with van der Waals surface area (Å²) in [6, 6.07) is 4.62. The molecule has 6 nitrogen and oxygen atoms in total. The third-order valence-electron chi connectivity index (χ3n) is 3.08. The second kappa shape index (κ2) is 5.71. The van der Waals surface area contributed by atoms with Gasteiger partial charge in [0, 0.05) is 37.7 Å². The quantitative estimate of drug-likeness (QED) is 0.752. The van der Waals surface area contributed by atoms with E-state index in [0.29, 0.717) is 0 Å². The smallest absolute Gasteiger partial charge is 0.133 e. The van der Waals surface area contributed by atoms with Crippen molar-refractivity contribution in [2.24, 2.45) is 7.05 Å². The van der Waals surface area contributed by atoms with Crippen LogP contribution in [0.25, 0.3) is 0 Å². The largest absolute Gasteiger partial charge is 0.508 e. The lowest BCUT2D eigenvalue weighted by atomic mass is 10.1. The molecule has 0 spiro atoms. The summed E-state index contributed by atoms with van der Waals surface area (Å²) in [5, 5.41) is 30.1. The van der Waals surface area contributed by atoms with Crippen LogP contribution in [-0.2, 0) is 13.5 Å². The minimum Gasteiger partial charge on any atom is -0.508 e. The monoisotopic (exact) mass is 262 g/mol. The average Bonchev–Trinajstić information content (AvgIpc) is 2.75. The van der Waals surface area contributed by atoms with Crippen LogP contribution in [0, 0.1) is 0 Å². The van der Waals surface area contributed by atoms with Crippen LogP contribution >= 0.6 is 0 Å². The molecule has 1 unspecified atom stereocenters. The van der Waals surface area contributed by atoms with Crippen molar-refractivity contribution in [1.82, 2.24) is 20.1 Å². The first-order valence-electron chi connectivity index (χ1n) is 6.16. The molecule has 0 aliphatic rings. The van der Waals surface area contributed by atoms with Crippen LogP contribution in [-0.4, -0.2) is 31.5 Å². The number of nitrogens with one attached hydrogen (secondary N) is 1. The Morgan fingerprint density at radius 2 is 2.16 bits per heavy atom. The molecule has 0 fully saturated rings. The van der Waals surface area contributed by atoms with Crippen LogP contribution in [0.15, 0.2) is 24.5 Å². The number of rotatable bonds is 5. The molecule has 6 heteroatoms. The van der Waals surface area contributed by atoms with Gasteiger partial charge in [-0.25, -0.2) is 0 Å². The fourth-order valence-corrected chi connectivity index (χ4v) is 1.94. The van der Waals surface area contributed by atoms with E-state index in [-0.39, 0.29) is 17.5 Å². The normalized spacial score (nSPS) is 12.5. The fourth-order valence-electron chi connectivity index (χ4n) is 1.94. The number of phenolic OH excluding ortho intramolecular Hbond substituents is 2. The van der Waals surface area contributed by atoms with Crippen molar-refractivity contribution in [1.29, 1.82) is 0 Å². The zero-order valence-corrected chi connectivity index (χ0v) is 11.0. The molecule has 0 amide bonds. The lowest BCUT2D eigenvalue weighted by Gasteiger charge is -2.15. The molecule has 1 heterocycles. The Morgan fingerprint density at radius 1 is 1.37 bits per heavy atom. The van der Waals surface area contributed by atoms with Gasteiger partial charge in [0.1, 0.15) is 23.7 Å². The van der Waals surface area contributed by atoms with Gasteiger partial charge in [0.25, 0.3) is 0 Å². The van der Waals surface area contributed by atoms with E-state index in [0.717, 1.165) is 24.4 Å². The predicted molar refractivity (Wildman–Crippen MR) is 70.9 cm³/mol. The molecule has 0 aliphatic heterocycles. The van der Waals surface area contributed by atoms with Crippen LogP contribution in [0.5, 0.6) is 11.5 Å². The van der Waals surface area contributed by atoms with Gasteiger partial charge < -0.3 is 20.1 Å². The van der Waals surface area contributed by atoms with E-state index in [1.54, 1.807) is 18.5 Å². The van der Waals surface area contributed by atoms with Gasteiger partial charge in [0.05, 0.1) is 0 Å². The van der Waals surface area contributed by atoms with Crippen molar-refractivity contribution in [3.8, 4) is 11.5 Å². The highest BCUT2D eigenvalue weighted by molar-refractivity contribution is 5.40. The van der Waals surface area contributed by atoms with Crippen LogP contribution in [0.3, 0.4) is 0 Å². The molecule has 0 saturated heterocycles. The summed E-state index contributed by atoms with van der Waals surface area (Å²) in [6.45, 7) is 2.69. The highest BCUT2D eigenvalue weighted by Gasteiger charge is 2.10. The van der Waals surface area contributed by atoms with Gasteiger partial charge in [-0.2, -0.15) is 0 Å². The highest BCUT2D eigenvalue weighted by Crippen LogP contribution is 2.27. The van der Waals surface area contributed by atoms with Crippen molar-refractivity contribution in [2.75, 3.05) is 6.54 Å². The van der Waals surface area contributed by atoms with E-state index in [1.807, 2.05) is 18.5 Å². The van der Waals surface area contributed by atoms with Gasteiger partial charge in [-0.1, -0.05) is 6.07 Å². The zero-order valence-electron chi connectivity index (χ0n) is 11.0. The molecule has 102 valence electrons. The van der Waals surface area contributed by atoms with Crippen LogP contribution in [0.2, 0.25) is 0 Å². The number of aryl methyl sites for hydroxylation is 1. The molecule has 2 rings (SSSR count). The van der Waals surface area contributed by atoms with E-state index < -0.39 is 0 Å². The SMILES string of the molecule is CC(NCCc1nncn1C)c1ccc(O)cc1O. The Bertz CT molecular complexity index is 553. The first-order chi connectivity index (χ1) is 9.08. The predicted octanol–water partition coefficient (Wildman–Crippen LogP) is 1.12. The first-order valence-corrected chi connectivity index (χ1v) is 6.16. The Kier molecular flexibility index (Phi) is 4.01. The molecule has 3 N–H and O–H groups in total. The Balaban J connectivity index is 1.91. The van der Waals surface area contributed by atoms with Crippen LogP contribution in [0.1, 0.15) is 24.4 Å². The number of benzene rings is 1. The van der Waals surface area contributed by atoms with Crippen molar-refractivity contribution >= 4 is 0 Å². The first kappa shape index (κ1) is 13.4. The van der Waals surface area contributed by atoms with Gasteiger partial charge in [0.15, 0.2) is 0 Å². The summed E-state index contributed by atoms with van der Waals surface area (Å²) in [4.78, 5) is 0. The summed E-state index contributed by atoms with van der Waals surface area (Å²) < 4.78 is 1.88. The Morgan fingerprint density at radius 3 is 2.79 bits per heavy atom. The molecular weight excluding hydrogens is 244 g/mol. The average molecular weight is 262 g/mol. The maximum Gasteiger partial charge on any atom is 0.133 e. The standard InChI is InChI=1S/C13H18N4O2/c1-9(11-4-3-10(18)7-12(11)19)14-6-5-13-16-15-8-17(13)2/h3-4,7-9,14,18-19H,5-6H2,1-2H3. The van der Waals surface area contributed by atoms with E-state index >= 15 is 0 Å². The van der Waals surface area contributed by atoms with Gasteiger partial charge in [-0.05, 0) is 13.0 Å². The lowest BCUT2D eigenvalue weighted by molar-refractivity contribution is 0.436. The second-order valence-corrected chi connectivity index (χ2v) is 4.53. The number of phenols is 2. The molecule has 1 aromatic carbocycles. The number of aromatic nitrogens is 3. The molecule has 0 saturated carbocycles. The maximum absolute atomic E-state index is 9.76.